The second kappa shape index (κ2) is 19.0. The maximum absolute atomic E-state index is 12.4. The van der Waals surface area contributed by atoms with E-state index in [-0.39, 0.29) is 12.6 Å². The van der Waals surface area contributed by atoms with Crippen LogP contribution in [-0.2, 0) is 0 Å². The van der Waals surface area contributed by atoms with Crippen molar-refractivity contribution in [2.75, 3.05) is 40.3 Å². The van der Waals surface area contributed by atoms with E-state index in [9.17, 15) is 13.2 Å². The average Bonchev–Trinajstić information content (AvgIpc) is 2.58. The Kier molecular flexibility index (Phi) is 22.5. The highest BCUT2D eigenvalue weighted by Gasteiger charge is 2.35. The van der Waals surface area contributed by atoms with Gasteiger partial charge in [0.15, 0.2) is 0 Å². The lowest BCUT2D eigenvalue weighted by atomic mass is 10.1. The number of hydrogen-bond acceptors (Lipinski definition) is 3. The van der Waals surface area contributed by atoms with Crippen molar-refractivity contribution in [2.45, 2.75) is 73.0 Å². The Morgan fingerprint density at radius 3 is 2.00 bits per heavy atom. The summed E-state index contributed by atoms with van der Waals surface area (Å²) in [5.41, 5.74) is 0. The quantitative estimate of drug-likeness (QED) is 0.568. The van der Waals surface area contributed by atoms with Gasteiger partial charge in [-0.15, -0.1) is 0 Å². The van der Waals surface area contributed by atoms with Crippen molar-refractivity contribution in [2.24, 2.45) is 5.92 Å². The Balaban J connectivity index is -0.00000102. The number of nitrogens with one attached hydrogen (secondary N) is 2. The van der Waals surface area contributed by atoms with Crippen LogP contribution in [0.3, 0.4) is 0 Å². The first-order chi connectivity index (χ1) is 11.3. The molecule has 0 spiro atoms. The topological polar surface area (TPSA) is 27.3 Å². The van der Waals surface area contributed by atoms with E-state index in [4.69, 9.17) is 0 Å². The minimum absolute atomic E-state index is 0.0115. The summed E-state index contributed by atoms with van der Waals surface area (Å²) in [6.45, 7) is 14.2. The van der Waals surface area contributed by atoms with Gasteiger partial charge in [0.05, 0.1) is 5.92 Å². The zero-order valence-electron chi connectivity index (χ0n) is 17.2. The fourth-order valence-electron chi connectivity index (χ4n) is 1.93. The third-order valence-corrected chi connectivity index (χ3v) is 3.60. The lowest BCUT2D eigenvalue weighted by Crippen LogP contribution is -2.37. The lowest BCUT2D eigenvalue weighted by molar-refractivity contribution is -0.168. The second-order valence-corrected chi connectivity index (χ2v) is 5.51. The summed E-state index contributed by atoms with van der Waals surface area (Å²) < 4.78 is 37.3. The van der Waals surface area contributed by atoms with Crippen LogP contribution >= 0.6 is 0 Å². The molecule has 0 saturated carbocycles. The number of alkyl halides is 3. The molecule has 0 bridgehead atoms. The fraction of sp³-hybridized carbons (Fsp3) is 1.00. The van der Waals surface area contributed by atoms with Gasteiger partial charge in [-0.05, 0) is 39.9 Å². The standard InChI is InChI=1S/C14H30F3N3.2C2H6/c1-5-13(19-11-12(2)14(15,16)17)7-6-9-20(4)10-8-18-3;2*1-2/h12-13,18-19H,5-11H2,1-4H3;2*1-2H3. The zero-order chi connectivity index (χ0) is 19.6. The molecule has 0 radical (unpaired) electrons. The molecular formula is C18H42F3N3. The monoisotopic (exact) mass is 357 g/mol. The van der Waals surface area contributed by atoms with E-state index in [1.165, 1.54) is 6.92 Å². The maximum atomic E-state index is 12.4. The zero-order valence-corrected chi connectivity index (χ0v) is 17.2. The van der Waals surface area contributed by atoms with Gasteiger partial charge in [-0.1, -0.05) is 41.5 Å². The summed E-state index contributed by atoms with van der Waals surface area (Å²) in [7, 11) is 3.99. The molecule has 0 aromatic carbocycles. The maximum Gasteiger partial charge on any atom is 0.392 e. The molecule has 0 aromatic heterocycles. The van der Waals surface area contributed by atoms with Crippen molar-refractivity contribution in [3.63, 3.8) is 0 Å². The largest absolute Gasteiger partial charge is 0.392 e. The number of rotatable bonds is 11. The van der Waals surface area contributed by atoms with Gasteiger partial charge in [0.1, 0.15) is 0 Å². The van der Waals surface area contributed by atoms with Crippen molar-refractivity contribution in [3.05, 3.63) is 0 Å². The smallest absolute Gasteiger partial charge is 0.318 e. The average molecular weight is 358 g/mol. The van der Waals surface area contributed by atoms with Gasteiger partial charge < -0.3 is 15.5 Å². The van der Waals surface area contributed by atoms with Crippen molar-refractivity contribution >= 4 is 0 Å². The molecule has 0 aliphatic carbocycles. The highest BCUT2D eigenvalue weighted by Crippen LogP contribution is 2.25. The predicted molar refractivity (Wildman–Crippen MR) is 101 cm³/mol. The summed E-state index contributed by atoms with van der Waals surface area (Å²) in [6.07, 6.45) is -1.31. The highest BCUT2D eigenvalue weighted by molar-refractivity contribution is 4.71. The van der Waals surface area contributed by atoms with E-state index in [1.54, 1.807) is 0 Å². The Morgan fingerprint density at radius 1 is 1.04 bits per heavy atom. The van der Waals surface area contributed by atoms with Crippen LogP contribution in [0.4, 0.5) is 13.2 Å². The van der Waals surface area contributed by atoms with Gasteiger partial charge in [-0.3, -0.25) is 0 Å². The molecule has 0 rings (SSSR count). The Labute approximate surface area is 148 Å². The summed E-state index contributed by atoms with van der Waals surface area (Å²) in [5, 5.41) is 6.14. The molecule has 0 amide bonds. The van der Waals surface area contributed by atoms with Crippen molar-refractivity contribution in [1.29, 1.82) is 0 Å². The van der Waals surface area contributed by atoms with Crippen LogP contribution < -0.4 is 10.6 Å². The molecule has 0 heterocycles. The molecule has 3 nitrogen and oxygen atoms in total. The molecule has 2 atom stereocenters. The van der Waals surface area contributed by atoms with Crippen LogP contribution in [0.5, 0.6) is 0 Å². The second-order valence-electron chi connectivity index (χ2n) is 5.51. The third kappa shape index (κ3) is 18.0. The highest BCUT2D eigenvalue weighted by atomic mass is 19.4. The van der Waals surface area contributed by atoms with Gasteiger partial charge in [-0.2, -0.15) is 13.2 Å². The molecule has 0 aromatic rings. The van der Waals surface area contributed by atoms with Crippen LogP contribution in [0, 0.1) is 5.92 Å². The van der Waals surface area contributed by atoms with Gasteiger partial charge in [0.25, 0.3) is 0 Å². The van der Waals surface area contributed by atoms with Crippen LogP contribution in [0.1, 0.15) is 60.8 Å². The minimum Gasteiger partial charge on any atom is -0.318 e. The van der Waals surface area contributed by atoms with Crippen molar-refractivity contribution < 1.29 is 13.2 Å². The summed E-state index contributed by atoms with van der Waals surface area (Å²) in [6, 6.07) is 0.178. The number of likely N-dealkylation sites (N-methyl/N-ethyl adjacent to an activating group) is 2. The van der Waals surface area contributed by atoms with Crippen LogP contribution in [0.2, 0.25) is 0 Å². The molecule has 0 aliphatic heterocycles. The first-order valence-corrected chi connectivity index (χ1v) is 9.44. The molecule has 0 aliphatic rings. The Hall–Kier alpha value is -0.330. The van der Waals surface area contributed by atoms with E-state index in [0.717, 1.165) is 38.9 Å². The first-order valence-electron chi connectivity index (χ1n) is 9.44. The van der Waals surface area contributed by atoms with Crippen molar-refractivity contribution in [3.8, 4) is 0 Å². The molecule has 2 unspecified atom stereocenters. The Morgan fingerprint density at radius 2 is 1.58 bits per heavy atom. The molecule has 0 saturated heterocycles. The number of nitrogens with zero attached hydrogens (tertiary/aromatic N) is 1. The molecule has 6 heteroatoms. The molecular weight excluding hydrogens is 315 g/mol. The van der Waals surface area contributed by atoms with E-state index >= 15 is 0 Å². The van der Waals surface area contributed by atoms with Gasteiger partial charge in [-0.25, -0.2) is 0 Å². The fourth-order valence-corrected chi connectivity index (χ4v) is 1.93. The van der Waals surface area contributed by atoms with Crippen LogP contribution in [0.25, 0.3) is 0 Å². The number of halogens is 3. The van der Waals surface area contributed by atoms with Crippen molar-refractivity contribution in [1.82, 2.24) is 15.5 Å². The summed E-state index contributed by atoms with van der Waals surface area (Å²) >= 11 is 0. The van der Waals surface area contributed by atoms with Crippen LogP contribution in [-0.4, -0.2) is 57.4 Å². The lowest BCUT2D eigenvalue weighted by Gasteiger charge is -2.23. The summed E-state index contributed by atoms with van der Waals surface area (Å²) in [5.74, 6) is -1.28. The summed E-state index contributed by atoms with van der Waals surface area (Å²) in [4.78, 5) is 2.24. The Bertz CT molecular complexity index is 236. The minimum atomic E-state index is -4.10. The molecule has 24 heavy (non-hydrogen) atoms. The SMILES string of the molecule is CC.CC.CCC(CCCN(C)CCNC)NCC(C)C(F)(F)F. The first kappa shape index (κ1) is 28.5. The predicted octanol–water partition coefficient (Wildman–Crippen LogP) is 4.54. The van der Waals surface area contributed by atoms with Gasteiger partial charge in [0.2, 0.25) is 0 Å². The van der Waals surface area contributed by atoms with Gasteiger partial charge in [0, 0.05) is 25.7 Å². The molecule has 150 valence electrons. The molecule has 2 N–H and O–H groups in total. The van der Waals surface area contributed by atoms with E-state index in [0.29, 0.717) is 0 Å². The van der Waals surface area contributed by atoms with E-state index in [2.05, 4.69) is 22.6 Å². The third-order valence-electron chi connectivity index (χ3n) is 3.60. The van der Waals surface area contributed by atoms with E-state index in [1.807, 2.05) is 41.7 Å². The number of hydrogen-bond donors (Lipinski definition) is 2. The normalized spacial score (nSPS) is 13.5. The molecule has 0 fully saturated rings. The van der Waals surface area contributed by atoms with E-state index < -0.39 is 12.1 Å². The van der Waals surface area contributed by atoms with Crippen LogP contribution in [0.15, 0.2) is 0 Å². The van der Waals surface area contributed by atoms with Gasteiger partial charge >= 0.3 is 6.18 Å².